The van der Waals surface area contributed by atoms with Crippen molar-refractivity contribution in [3.63, 3.8) is 0 Å². The molecule has 1 aromatic heterocycles. The topological polar surface area (TPSA) is 87.2 Å². The summed E-state index contributed by atoms with van der Waals surface area (Å²) in [5, 5.41) is 6.73. The van der Waals surface area contributed by atoms with Gasteiger partial charge < -0.3 is 19.4 Å². The van der Waals surface area contributed by atoms with Crippen molar-refractivity contribution < 1.29 is 19.1 Å². The van der Waals surface area contributed by atoms with Crippen molar-refractivity contribution in [2.24, 2.45) is 5.10 Å². The molecule has 2 amide bonds. The third-order valence-corrected chi connectivity index (χ3v) is 6.42. The van der Waals surface area contributed by atoms with Crippen molar-refractivity contribution >= 4 is 28.9 Å². The zero-order valence-electron chi connectivity index (χ0n) is 18.2. The number of fused-ring (bicyclic) bond motifs is 5. The Balaban J connectivity index is 1.52. The van der Waals surface area contributed by atoms with Crippen LogP contribution in [0, 0.1) is 0 Å². The maximum Gasteiger partial charge on any atom is 0.275 e. The lowest BCUT2D eigenvalue weighted by atomic mass is 9.83. The van der Waals surface area contributed by atoms with E-state index in [4.69, 9.17) is 9.47 Å². The Labute approximate surface area is 185 Å². The second-order valence-corrected chi connectivity index (χ2v) is 8.11. The predicted molar refractivity (Wildman–Crippen MR) is 120 cm³/mol. The van der Waals surface area contributed by atoms with Gasteiger partial charge in [0.1, 0.15) is 6.54 Å². The molecule has 3 heterocycles. The van der Waals surface area contributed by atoms with Crippen molar-refractivity contribution in [2.45, 2.75) is 18.9 Å². The number of aromatic amines is 1. The monoisotopic (exact) mass is 432 g/mol. The second kappa shape index (κ2) is 7.40. The Morgan fingerprint density at radius 2 is 1.88 bits per heavy atom. The highest BCUT2D eigenvalue weighted by Gasteiger charge is 2.54. The van der Waals surface area contributed by atoms with Crippen molar-refractivity contribution in [3.05, 3.63) is 59.3 Å². The van der Waals surface area contributed by atoms with Crippen LogP contribution >= 0.6 is 0 Å². The van der Waals surface area contributed by atoms with Crippen molar-refractivity contribution in [1.82, 2.24) is 14.9 Å². The molecule has 8 nitrogen and oxygen atoms in total. The van der Waals surface area contributed by atoms with Crippen molar-refractivity contribution in [2.75, 3.05) is 27.3 Å². The van der Waals surface area contributed by atoms with Crippen LogP contribution in [-0.2, 0) is 21.5 Å². The number of ether oxygens (including phenoxy) is 2. The number of para-hydroxylation sites is 1. The number of hydrazone groups is 1. The molecule has 2 aliphatic heterocycles. The van der Waals surface area contributed by atoms with E-state index in [1.54, 1.807) is 44.4 Å². The minimum absolute atomic E-state index is 0.0895. The van der Waals surface area contributed by atoms with E-state index in [0.29, 0.717) is 24.5 Å². The van der Waals surface area contributed by atoms with Gasteiger partial charge in [0.05, 0.1) is 26.1 Å². The lowest BCUT2D eigenvalue weighted by Gasteiger charge is -2.48. The first-order valence-electron chi connectivity index (χ1n) is 10.5. The van der Waals surface area contributed by atoms with Gasteiger partial charge in [-0.3, -0.25) is 9.59 Å². The molecule has 32 heavy (non-hydrogen) atoms. The molecular weight excluding hydrogens is 408 g/mol. The van der Waals surface area contributed by atoms with Crippen molar-refractivity contribution in [1.29, 1.82) is 0 Å². The summed E-state index contributed by atoms with van der Waals surface area (Å²) in [4.78, 5) is 31.8. The number of carbonyl (C=O) groups excluding carboxylic acids is 2. The van der Waals surface area contributed by atoms with Crippen molar-refractivity contribution in [3.8, 4) is 11.5 Å². The minimum atomic E-state index is -1.13. The Morgan fingerprint density at radius 1 is 1.09 bits per heavy atom. The number of hydrogen-bond acceptors (Lipinski definition) is 5. The molecule has 3 aromatic rings. The summed E-state index contributed by atoms with van der Waals surface area (Å²) in [5.41, 5.74) is 2.43. The highest BCUT2D eigenvalue weighted by atomic mass is 16.5. The Hall–Kier alpha value is -3.81. The Kier molecular flexibility index (Phi) is 4.65. The number of piperazine rings is 1. The van der Waals surface area contributed by atoms with Gasteiger partial charge in [-0.15, -0.1) is 0 Å². The van der Waals surface area contributed by atoms with E-state index in [9.17, 15) is 9.59 Å². The third kappa shape index (κ3) is 2.86. The molecule has 164 valence electrons. The molecule has 1 saturated heterocycles. The maximum absolute atomic E-state index is 13.7. The lowest BCUT2D eigenvalue weighted by Crippen LogP contribution is -2.65. The summed E-state index contributed by atoms with van der Waals surface area (Å²) in [6, 6.07) is 13.3. The van der Waals surface area contributed by atoms with Gasteiger partial charge in [0.25, 0.3) is 5.91 Å². The molecule has 1 fully saturated rings. The molecule has 0 spiro atoms. The standard InChI is InChI=1S/C24H24N4O4/c1-24-22-17(16-6-4-5-7-18(16)26-22)10-11-27(24)21(29)14-28(23(24)30)25-13-15-8-9-19(31-2)20(12-15)32-3/h4-9,12-13,26H,10-11,14H2,1-3H3/b25-13-/t24-/m1/s1. The lowest BCUT2D eigenvalue weighted by molar-refractivity contribution is -0.165. The summed E-state index contributed by atoms with van der Waals surface area (Å²) in [6.45, 7) is 2.22. The third-order valence-electron chi connectivity index (χ3n) is 6.42. The molecule has 2 aromatic carbocycles. The maximum atomic E-state index is 13.7. The summed E-state index contributed by atoms with van der Waals surface area (Å²) in [6.07, 6.45) is 2.27. The fraction of sp³-hybridized carbons (Fsp3) is 0.292. The van der Waals surface area contributed by atoms with Gasteiger partial charge in [-0.05, 0) is 48.7 Å². The number of nitrogens with zero attached hydrogens (tertiary/aromatic N) is 3. The number of nitrogens with one attached hydrogen (secondary N) is 1. The van der Waals surface area contributed by atoms with Gasteiger partial charge in [0, 0.05) is 17.4 Å². The zero-order chi connectivity index (χ0) is 22.5. The molecule has 0 saturated carbocycles. The number of benzene rings is 2. The number of aromatic nitrogens is 1. The highest BCUT2D eigenvalue weighted by Crippen LogP contribution is 2.42. The van der Waals surface area contributed by atoms with Crippen LogP contribution in [-0.4, -0.2) is 60.2 Å². The smallest absolute Gasteiger partial charge is 0.275 e. The van der Waals surface area contributed by atoms with Gasteiger partial charge in [-0.2, -0.15) is 5.10 Å². The van der Waals surface area contributed by atoms with E-state index >= 15 is 0 Å². The van der Waals surface area contributed by atoms with Crippen LogP contribution in [0.1, 0.15) is 23.7 Å². The molecule has 0 radical (unpaired) electrons. The first-order valence-corrected chi connectivity index (χ1v) is 10.5. The molecule has 1 N–H and O–H groups in total. The number of H-pyrrole nitrogens is 1. The number of carbonyl (C=O) groups is 2. The van der Waals surface area contributed by atoms with Crippen LogP contribution in [0.15, 0.2) is 47.6 Å². The number of rotatable bonds is 4. The van der Waals surface area contributed by atoms with E-state index in [-0.39, 0.29) is 18.4 Å². The van der Waals surface area contributed by atoms with Crippen LogP contribution in [0.3, 0.4) is 0 Å². The van der Waals surface area contributed by atoms with Gasteiger partial charge in [0.15, 0.2) is 17.0 Å². The van der Waals surface area contributed by atoms with E-state index in [1.165, 1.54) is 5.01 Å². The molecule has 5 rings (SSSR count). The second-order valence-electron chi connectivity index (χ2n) is 8.11. The Morgan fingerprint density at radius 3 is 2.66 bits per heavy atom. The average Bonchev–Trinajstić information content (AvgIpc) is 3.20. The summed E-state index contributed by atoms with van der Waals surface area (Å²) in [7, 11) is 3.13. The molecular formula is C24H24N4O4. The molecule has 0 bridgehead atoms. The molecule has 2 aliphatic rings. The number of amides is 2. The van der Waals surface area contributed by atoms with E-state index in [0.717, 1.165) is 27.7 Å². The highest BCUT2D eigenvalue weighted by molar-refractivity contribution is 6.01. The Bertz CT molecular complexity index is 1260. The van der Waals surface area contributed by atoms with Gasteiger partial charge in [-0.1, -0.05) is 18.2 Å². The summed E-state index contributed by atoms with van der Waals surface area (Å²) >= 11 is 0. The predicted octanol–water partition coefficient (Wildman–Crippen LogP) is 2.66. The quantitative estimate of drug-likeness (QED) is 0.642. The fourth-order valence-electron chi connectivity index (χ4n) is 4.75. The van der Waals surface area contributed by atoms with E-state index < -0.39 is 5.54 Å². The number of hydrogen-bond donors (Lipinski definition) is 1. The van der Waals surface area contributed by atoms with Crippen LogP contribution in [0.4, 0.5) is 0 Å². The molecule has 8 heteroatoms. The van der Waals surface area contributed by atoms with Crippen LogP contribution in [0.5, 0.6) is 11.5 Å². The normalized spacial score (nSPS) is 20.6. The van der Waals surface area contributed by atoms with Crippen LogP contribution < -0.4 is 9.47 Å². The van der Waals surface area contributed by atoms with Crippen LogP contribution in [0.2, 0.25) is 0 Å². The zero-order valence-corrected chi connectivity index (χ0v) is 18.2. The minimum Gasteiger partial charge on any atom is -0.493 e. The largest absolute Gasteiger partial charge is 0.493 e. The average molecular weight is 432 g/mol. The van der Waals surface area contributed by atoms with Gasteiger partial charge in [0.2, 0.25) is 5.91 Å². The molecule has 0 unspecified atom stereocenters. The SMILES string of the molecule is COc1ccc(/C=N\N2CC(=O)N3CCc4c([nH]c5ccccc45)[C@]3(C)C2=O)cc1OC. The van der Waals surface area contributed by atoms with Gasteiger partial charge >= 0.3 is 0 Å². The van der Waals surface area contributed by atoms with E-state index in [1.807, 2.05) is 30.3 Å². The summed E-state index contributed by atoms with van der Waals surface area (Å²) < 4.78 is 10.6. The number of methoxy groups -OCH3 is 2. The summed E-state index contributed by atoms with van der Waals surface area (Å²) in [5.74, 6) is 0.804. The van der Waals surface area contributed by atoms with Gasteiger partial charge in [-0.25, -0.2) is 5.01 Å². The van der Waals surface area contributed by atoms with Crippen LogP contribution in [0.25, 0.3) is 10.9 Å². The first-order chi connectivity index (χ1) is 15.5. The molecule has 1 atom stereocenters. The first kappa shape index (κ1) is 20.1. The van der Waals surface area contributed by atoms with E-state index in [2.05, 4.69) is 10.1 Å². The molecule has 0 aliphatic carbocycles. The fourth-order valence-corrected chi connectivity index (χ4v) is 4.75.